The number of hydrogen-bond donors (Lipinski definition) is 2. The lowest BCUT2D eigenvalue weighted by molar-refractivity contribution is 0.0198. The summed E-state index contributed by atoms with van der Waals surface area (Å²) < 4.78 is 5.78. The normalized spacial score (nSPS) is 20.9. The molecule has 2 aromatic carbocycles. The molecule has 7 nitrogen and oxygen atoms in total. The predicted octanol–water partition coefficient (Wildman–Crippen LogP) is 5.22. The number of nitrogens with one attached hydrogen (secondary N) is 2. The Labute approximate surface area is 215 Å². The quantitative estimate of drug-likeness (QED) is 0.554. The Hall–Kier alpha value is -3.06. The van der Waals surface area contributed by atoms with Gasteiger partial charge in [0.1, 0.15) is 5.60 Å². The van der Waals surface area contributed by atoms with E-state index in [0.717, 1.165) is 37.3 Å². The molecule has 194 valence electrons. The minimum absolute atomic E-state index is 0.0740. The Kier molecular flexibility index (Phi) is 7.88. The summed E-state index contributed by atoms with van der Waals surface area (Å²) in [5.74, 6) is 0.0851. The first-order chi connectivity index (χ1) is 17.2. The van der Waals surface area contributed by atoms with Crippen LogP contribution in [0.15, 0.2) is 48.5 Å². The number of anilines is 1. The highest BCUT2D eigenvalue weighted by Gasteiger charge is 2.47. The summed E-state index contributed by atoms with van der Waals surface area (Å²) in [6.45, 7) is 13.9. The summed E-state index contributed by atoms with van der Waals surface area (Å²) in [5.41, 5.74) is 3.17. The highest BCUT2D eigenvalue weighted by atomic mass is 16.6. The largest absolute Gasteiger partial charge is 0.444 e. The fourth-order valence-corrected chi connectivity index (χ4v) is 5.40. The fourth-order valence-electron chi connectivity index (χ4n) is 5.40. The van der Waals surface area contributed by atoms with Gasteiger partial charge >= 0.3 is 6.09 Å². The van der Waals surface area contributed by atoms with Crippen molar-refractivity contribution >= 4 is 17.7 Å². The first-order valence-electron chi connectivity index (χ1n) is 13.2. The summed E-state index contributed by atoms with van der Waals surface area (Å²) in [6, 6.07) is 16.1. The molecule has 2 aromatic rings. The molecule has 4 rings (SSSR count). The number of rotatable bonds is 7. The number of likely N-dealkylation sites (tertiary alicyclic amines) is 1. The Morgan fingerprint density at radius 2 is 1.83 bits per heavy atom. The van der Waals surface area contributed by atoms with Crippen LogP contribution in [0.4, 0.5) is 10.5 Å². The zero-order chi connectivity index (χ0) is 25.9. The molecule has 0 spiro atoms. The maximum Gasteiger partial charge on any atom is 0.410 e. The van der Waals surface area contributed by atoms with Crippen LogP contribution in [0.3, 0.4) is 0 Å². The van der Waals surface area contributed by atoms with Crippen LogP contribution in [0.25, 0.3) is 0 Å². The third-order valence-corrected chi connectivity index (χ3v) is 7.21. The smallest absolute Gasteiger partial charge is 0.410 e. The van der Waals surface area contributed by atoms with E-state index in [9.17, 15) is 9.59 Å². The van der Waals surface area contributed by atoms with Gasteiger partial charge in [0.25, 0.3) is 5.91 Å². The van der Waals surface area contributed by atoms with Crippen molar-refractivity contribution in [2.75, 3.05) is 38.0 Å². The van der Waals surface area contributed by atoms with E-state index in [1.54, 1.807) is 0 Å². The number of likely N-dealkylation sites (N-methyl/N-ethyl adjacent to an activating group) is 1. The first kappa shape index (κ1) is 26.0. The van der Waals surface area contributed by atoms with E-state index in [4.69, 9.17) is 4.74 Å². The van der Waals surface area contributed by atoms with Crippen molar-refractivity contribution in [1.29, 1.82) is 0 Å². The molecular formula is C29H40N4O3. The molecule has 0 aliphatic carbocycles. The highest BCUT2D eigenvalue weighted by Crippen LogP contribution is 2.51. The zero-order valence-corrected chi connectivity index (χ0v) is 22.2. The molecule has 2 N–H and O–H groups in total. The molecule has 0 saturated carbocycles. The standard InChI is InChI=1S/C29H40N4O3/c1-6-32(7-2)18-16-30-27(34)21-13-14-24-23(19-21)26-22(25(31-24)20-11-9-8-10-12-20)15-17-33(26)28(35)36-29(3,4)5/h8-14,19,22,25-26,31H,6-7,15-18H2,1-5H3,(H,30,34). The molecule has 36 heavy (non-hydrogen) atoms. The zero-order valence-electron chi connectivity index (χ0n) is 22.2. The van der Waals surface area contributed by atoms with Gasteiger partial charge in [0.2, 0.25) is 0 Å². The van der Waals surface area contributed by atoms with Gasteiger partial charge in [-0.2, -0.15) is 0 Å². The van der Waals surface area contributed by atoms with Crippen LogP contribution in [0, 0.1) is 5.92 Å². The fraction of sp³-hybridized carbons (Fsp3) is 0.517. The molecule has 2 amide bonds. The Morgan fingerprint density at radius 1 is 1.11 bits per heavy atom. The Bertz CT molecular complexity index is 1060. The summed E-state index contributed by atoms with van der Waals surface area (Å²) in [7, 11) is 0. The van der Waals surface area contributed by atoms with Crippen LogP contribution in [0.5, 0.6) is 0 Å². The maximum absolute atomic E-state index is 13.2. The minimum Gasteiger partial charge on any atom is -0.444 e. The van der Waals surface area contributed by atoms with Crippen LogP contribution in [-0.2, 0) is 4.74 Å². The van der Waals surface area contributed by atoms with Crippen LogP contribution in [0.2, 0.25) is 0 Å². The molecule has 0 aromatic heterocycles. The molecule has 1 fully saturated rings. The third-order valence-electron chi connectivity index (χ3n) is 7.21. The van der Waals surface area contributed by atoms with E-state index in [-0.39, 0.29) is 30.0 Å². The second-order valence-corrected chi connectivity index (χ2v) is 10.7. The second-order valence-electron chi connectivity index (χ2n) is 10.7. The maximum atomic E-state index is 13.2. The second kappa shape index (κ2) is 10.9. The number of fused-ring (bicyclic) bond motifs is 3. The summed E-state index contributed by atoms with van der Waals surface area (Å²) in [5, 5.41) is 6.77. The van der Waals surface area contributed by atoms with Crippen molar-refractivity contribution in [3.63, 3.8) is 0 Å². The van der Waals surface area contributed by atoms with Gasteiger partial charge in [0.05, 0.1) is 12.1 Å². The topological polar surface area (TPSA) is 73.9 Å². The number of benzene rings is 2. The van der Waals surface area contributed by atoms with Crippen molar-refractivity contribution in [3.8, 4) is 0 Å². The van der Waals surface area contributed by atoms with Gasteiger partial charge in [-0.1, -0.05) is 44.2 Å². The lowest BCUT2D eigenvalue weighted by atomic mass is 9.79. The van der Waals surface area contributed by atoms with Crippen molar-refractivity contribution in [2.24, 2.45) is 5.92 Å². The van der Waals surface area contributed by atoms with Crippen LogP contribution < -0.4 is 10.6 Å². The van der Waals surface area contributed by atoms with E-state index in [0.29, 0.717) is 18.7 Å². The molecule has 3 atom stereocenters. The highest BCUT2D eigenvalue weighted by molar-refractivity contribution is 5.95. The predicted molar refractivity (Wildman–Crippen MR) is 143 cm³/mol. The molecule has 3 unspecified atom stereocenters. The van der Waals surface area contributed by atoms with Gasteiger partial charge in [0, 0.05) is 36.8 Å². The lowest BCUT2D eigenvalue weighted by Gasteiger charge is -2.40. The van der Waals surface area contributed by atoms with Crippen LogP contribution in [-0.4, -0.2) is 60.1 Å². The van der Waals surface area contributed by atoms with Crippen LogP contribution in [0.1, 0.15) is 74.6 Å². The van der Waals surface area contributed by atoms with Crippen molar-refractivity contribution in [3.05, 3.63) is 65.2 Å². The van der Waals surface area contributed by atoms with E-state index < -0.39 is 5.60 Å². The van der Waals surface area contributed by atoms with Gasteiger partial charge in [-0.15, -0.1) is 0 Å². The molecular weight excluding hydrogens is 452 g/mol. The van der Waals surface area contributed by atoms with Crippen molar-refractivity contribution in [1.82, 2.24) is 15.1 Å². The summed E-state index contributed by atoms with van der Waals surface area (Å²) in [6.07, 6.45) is 0.555. The van der Waals surface area contributed by atoms with Gasteiger partial charge in [-0.05, 0) is 69.6 Å². The number of carbonyl (C=O) groups excluding carboxylic acids is 2. The van der Waals surface area contributed by atoms with Crippen molar-refractivity contribution in [2.45, 2.75) is 58.7 Å². The monoisotopic (exact) mass is 492 g/mol. The lowest BCUT2D eigenvalue weighted by Crippen LogP contribution is -2.40. The van der Waals surface area contributed by atoms with E-state index in [2.05, 4.69) is 41.5 Å². The SMILES string of the molecule is CCN(CC)CCNC(=O)c1ccc2c(c1)C1C(CCN1C(=O)OC(C)(C)C)C(c1ccccc1)N2. The van der Waals surface area contributed by atoms with E-state index in [1.807, 2.05) is 62.1 Å². The molecule has 2 aliphatic rings. The molecule has 0 bridgehead atoms. The third kappa shape index (κ3) is 5.67. The minimum atomic E-state index is -0.573. The number of carbonyl (C=O) groups is 2. The average Bonchev–Trinajstić information content (AvgIpc) is 3.31. The average molecular weight is 493 g/mol. The molecule has 7 heteroatoms. The van der Waals surface area contributed by atoms with Gasteiger partial charge in [-0.3, -0.25) is 4.79 Å². The van der Waals surface area contributed by atoms with Crippen LogP contribution >= 0.6 is 0 Å². The van der Waals surface area contributed by atoms with E-state index in [1.165, 1.54) is 5.56 Å². The Balaban J connectivity index is 1.63. The molecule has 2 heterocycles. The summed E-state index contributed by atoms with van der Waals surface area (Å²) in [4.78, 5) is 30.4. The number of nitrogens with zero attached hydrogens (tertiary/aromatic N) is 2. The molecule has 2 aliphatic heterocycles. The first-order valence-corrected chi connectivity index (χ1v) is 13.2. The van der Waals surface area contributed by atoms with Gasteiger partial charge in [-0.25, -0.2) is 4.79 Å². The Morgan fingerprint density at radius 3 is 2.50 bits per heavy atom. The van der Waals surface area contributed by atoms with Gasteiger partial charge < -0.3 is 25.2 Å². The summed E-state index contributed by atoms with van der Waals surface area (Å²) >= 11 is 0. The van der Waals surface area contributed by atoms with E-state index >= 15 is 0 Å². The molecule has 0 radical (unpaired) electrons. The number of hydrogen-bond acceptors (Lipinski definition) is 5. The van der Waals surface area contributed by atoms with Gasteiger partial charge in [0.15, 0.2) is 0 Å². The molecule has 1 saturated heterocycles. The van der Waals surface area contributed by atoms with Crippen molar-refractivity contribution < 1.29 is 14.3 Å². The number of ether oxygens (including phenoxy) is 1. The number of amides is 2.